The number of aliphatic hydroxyl groups excluding tert-OH is 1. The molecule has 122 valence electrons. The van der Waals surface area contributed by atoms with Gasteiger partial charge in [0.2, 0.25) is 5.91 Å². The molecule has 22 heavy (non-hydrogen) atoms. The van der Waals surface area contributed by atoms with Gasteiger partial charge in [-0.25, -0.2) is 0 Å². The van der Waals surface area contributed by atoms with E-state index in [2.05, 4.69) is 4.98 Å². The van der Waals surface area contributed by atoms with Crippen LogP contribution >= 0.6 is 0 Å². The predicted octanol–water partition coefficient (Wildman–Crippen LogP) is 1.16. The summed E-state index contributed by atoms with van der Waals surface area (Å²) in [6, 6.07) is 2.29. The topological polar surface area (TPSA) is 79.5 Å². The molecule has 8 heteroatoms. The van der Waals surface area contributed by atoms with Crippen molar-refractivity contribution < 1.29 is 23.1 Å². The first kappa shape index (κ1) is 16.7. The molecule has 1 unspecified atom stereocenters. The van der Waals surface area contributed by atoms with Crippen molar-refractivity contribution in [3.05, 3.63) is 29.6 Å². The summed E-state index contributed by atoms with van der Waals surface area (Å²) in [4.78, 5) is 16.6. The molecule has 3 N–H and O–H groups in total. The number of hydrogen-bond acceptors (Lipinski definition) is 4. The van der Waals surface area contributed by atoms with E-state index in [9.17, 15) is 23.1 Å². The Hall–Kier alpha value is -1.67. The number of primary amides is 1. The number of aromatic nitrogens is 1. The van der Waals surface area contributed by atoms with Crippen molar-refractivity contribution in [1.82, 2.24) is 9.88 Å². The maximum Gasteiger partial charge on any atom is 0.418 e. The van der Waals surface area contributed by atoms with Crippen LogP contribution in [0.2, 0.25) is 0 Å². The number of alkyl halides is 3. The number of nitrogens with zero attached hydrogens (tertiary/aromatic N) is 2. The average molecular weight is 317 g/mol. The van der Waals surface area contributed by atoms with E-state index in [0.717, 1.165) is 6.07 Å². The van der Waals surface area contributed by atoms with Crippen LogP contribution in [0.25, 0.3) is 0 Å². The van der Waals surface area contributed by atoms with E-state index in [4.69, 9.17) is 5.73 Å². The minimum absolute atomic E-state index is 0.0103. The lowest BCUT2D eigenvalue weighted by Crippen LogP contribution is -2.42. The van der Waals surface area contributed by atoms with E-state index in [1.807, 2.05) is 4.90 Å². The molecule has 1 aromatic rings. The van der Waals surface area contributed by atoms with Gasteiger partial charge in [-0.15, -0.1) is 0 Å². The van der Waals surface area contributed by atoms with Gasteiger partial charge in [0.05, 0.1) is 11.3 Å². The summed E-state index contributed by atoms with van der Waals surface area (Å²) in [5.41, 5.74) is 4.32. The van der Waals surface area contributed by atoms with Crippen molar-refractivity contribution in [3.63, 3.8) is 0 Å². The van der Waals surface area contributed by atoms with E-state index in [-0.39, 0.29) is 18.2 Å². The van der Waals surface area contributed by atoms with Crippen LogP contribution in [0.3, 0.4) is 0 Å². The first-order chi connectivity index (χ1) is 10.3. The number of hydrogen-bond donors (Lipinski definition) is 2. The molecular weight excluding hydrogens is 299 g/mol. The fraction of sp³-hybridized carbons (Fsp3) is 0.571. The van der Waals surface area contributed by atoms with Crippen molar-refractivity contribution in [1.29, 1.82) is 0 Å². The van der Waals surface area contributed by atoms with E-state index < -0.39 is 23.8 Å². The highest BCUT2D eigenvalue weighted by molar-refractivity contribution is 5.78. The van der Waals surface area contributed by atoms with Gasteiger partial charge in [-0.1, -0.05) is 0 Å². The Morgan fingerprint density at radius 3 is 2.64 bits per heavy atom. The number of likely N-dealkylation sites (tertiary alicyclic amines) is 1. The number of piperidine rings is 1. The Morgan fingerprint density at radius 1 is 1.45 bits per heavy atom. The van der Waals surface area contributed by atoms with E-state index in [0.29, 0.717) is 25.9 Å². The zero-order chi connectivity index (χ0) is 16.3. The summed E-state index contributed by atoms with van der Waals surface area (Å²) in [7, 11) is 0. The monoisotopic (exact) mass is 317 g/mol. The summed E-state index contributed by atoms with van der Waals surface area (Å²) in [6.07, 6.45) is -3.25. The molecule has 2 heterocycles. The number of pyridine rings is 1. The molecule has 5 nitrogen and oxygen atoms in total. The SMILES string of the molecule is NC(=O)C(O)C1CCN(Cc2ncccc2C(F)(F)F)CC1. The number of aliphatic hydroxyl groups is 1. The first-order valence-electron chi connectivity index (χ1n) is 7.00. The second kappa shape index (κ2) is 6.62. The molecule has 0 spiro atoms. The Labute approximate surface area is 125 Å². The number of halogens is 3. The van der Waals surface area contributed by atoms with Crippen LogP contribution < -0.4 is 5.73 Å². The fourth-order valence-electron chi connectivity index (χ4n) is 2.69. The minimum atomic E-state index is -4.43. The number of amides is 1. The zero-order valence-electron chi connectivity index (χ0n) is 11.9. The summed E-state index contributed by atoms with van der Waals surface area (Å²) in [5.74, 6) is -0.998. The number of nitrogens with two attached hydrogens (primary N) is 1. The molecule has 0 aromatic carbocycles. The molecule has 1 amide bonds. The molecule has 0 bridgehead atoms. The number of carbonyl (C=O) groups is 1. The van der Waals surface area contributed by atoms with Gasteiger partial charge in [-0.2, -0.15) is 13.2 Å². The summed E-state index contributed by atoms with van der Waals surface area (Å²) < 4.78 is 38.7. The molecule has 1 atom stereocenters. The fourth-order valence-corrected chi connectivity index (χ4v) is 2.69. The Bertz CT molecular complexity index is 528. The van der Waals surface area contributed by atoms with Crippen molar-refractivity contribution in [2.45, 2.75) is 31.7 Å². The van der Waals surface area contributed by atoms with Gasteiger partial charge in [0.1, 0.15) is 6.10 Å². The van der Waals surface area contributed by atoms with Crippen molar-refractivity contribution in [2.75, 3.05) is 13.1 Å². The molecule has 1 saturated heterocycles. The van der Waals surface area contributed by atoms with E-state index >= 15 is 0 Å². The predicted molar refractivity (Wildman–Crippen MR) is 72.4 cm³/mol. The second-order valence-corrected chi connectivity index (χ2v) is 5.46. The average Bonchev–Trinajstić information content (AvgIpc) is 2.46. The molecule has 0 radical (unpaired) electrons. The Morgan fingerprint density at radius 2 is 2.09 bits per heavy atom. The molecule has 0 saturated carbocycles. The highest BCUT2D eigenvalue weighted by Gasteiger charge is 2.35. The van der Waals surface area contributed by atoms with Crippen LogP contribution in [0.4, 0.5) is 13.2 Å². The van der Waals surface area contributed by atoms with Crippen LogP contribution in [0.1, 0.15) is 24.1 Å². The van der Waals surface area contributed by atoms with Crippen LogP contribution in [0, 0.1) is 5.92 Å². The third-order valence-corrected chi connectivity index (χ3v) is 3.94. The normalized spacial score (nSPS) is 19.1. The van der Waals surface area contributed by atoms with Gasteiger partial charge in [0, 0.05) is 12.7 Å². The molecule has 0 aliphatic carbocycles. The van der Waals surface area contributed by atoms with Gasteiger partial charge < -0.3 is 10.8 Å². The summed E-state index contributed by atoms with van der Waals surface area (Å²) in [6.45, 7) is 1.07. The lowest BCUT2D eigenvalue weighted by atomic mass is 9.91. The Balaban J connectivity index is 1.99. The van der Waals surface area contributed by atoms with E-state index in [1.54, 1.807) is 0 Å². The summed E-state index contributed by atoms with van der Waals surface area (Å²) in [5, 5.41) is 9.62. The molecule has 1 aliphatic heterocycles. The maximum absolute atomic E-state index is 12.9. The number of carbonyl (C=O) groups excluding carboxylic acids is 1. The first-order valence-corrected chi connectivity index (χ1v) is 7.00. The van der Waals surface area contributed by atoms with Gasteiger partial charge in [-0.05, 0) is 44.0 Å². The third-order valence-electron chi connectivity index (χ3n) is 3.94. The molecular formula is C14H18F3N3O2. The van der Waals surface area contributed by atoms with E-state index in [1.165, 1.54) is 12.3 Å². The molecule has 2 rings (SSSR count). The minimum Gasteiger partial charge on any atom is -0.383 e. The standard InChI is InChI=1S/C14H18F3N3O2/c15-14(16,17)10-2-1-5-19-11(10)8-20-6-3-9(4-7-20)12(21)13(18)22/h1-2,5,9,12,21H,3-4,6-8H2,(H2,18,22). The zero-order valence-corrected chi connectivity index (χ0v) is 11.9. The van der Waals surface area contributed by atoms with Crippen LogP contribution in [0.15, 0.2) is 18.3 Å². The quantitative estimate of drug-likeness (QED) is 0.873. The highest BCUT2D eigenvalue weighted by atomic mass is 19.4. The van der Waals surface area contributed by atoms with Crippen LogP contribution in [-0.2, 0) is 17.5 Å². The maximum atomic E-state index is 12.9. The molecule has 1 aromatic heterocycles. The largest absolute Gasteiger partial charge is 0.418 e. The Kier molecular flexibility index (Phi) is 5.02. The van der Waals surface area contributed by atoms with Crippen molar-refractivity contribution in [3.8, 4) is 0 Å². The number of rotatable bonds is 4. The third kappa shape index (κ3) is 3.95. The highest BCUT2D eigenvalue weighted by Crippen LogP contribution is 2.32. The van der Waals surface area contributed by atoms with Crippen molar-refractivity contribution in [2.24, 2.45) is 11.7 Å². The van der Waals surface area contributed by atoms with Gasteiger partial charge in [0.25, 0.3) is 0 Å². The smallest absolute Gasteiger partial charge is 0.383 e. The molecule has 1 aliphatic rings. The van der Waals surface area contributed by atoms with Crippen molar-refractivity contribution >= 4 is 5.91 Å². The lowest BCUT2D eigenvalue weighted by Gasteiger charge is -2.33. The van der Waals surface area contributed by atoms with Crippen LogP contribution in [-0.4, -0.2) is 40.1 Å². The van der Waals surface area contributed by atoms with Gasteiger partial charge >= 0.3 is 6.18 Å². The van der Waals surface area contributed by atoms with Gasteiger partial charge in [0.15, 0.2) is 0 Å². The van der Waals surface area contributed by atoms with Gasteiger partial charge in [-0.3, -0.25) is 14.7 Å². The summed E-state index contributed by atoms with van der Waals surface area (Å²) >= 11 is 0. The lowest BCUT2D eigenvalue weighted by molar-refractivity contribution is -0.139. The molecule has 1 fully saturated rings. The second-order valence-electron chi connectivity index (χ2n) is 5.46. The van der Waals surface area contributed by atoms with Crippen LogP contribution in [0.5, 0.6) is 0 Å².